The van der Waals surface area contributed by atoms with Crippen LogP contribution in [-0.2, 0) is 5.41 Å². The Balaban J connectivity index is 2.26. The van der Waals surface area contributed by atoms with Gasteiger partial charge in [-0.15, -0.1) is 0 Å². The number of rotatable bonds is 2. The van der Waals surface area contributed by atoms with Crippen LogP contribution in [0.3, 0.4) is 0 Å². The molecule has 0 radical (unpaired) electrons. The van der Waals surface area contributed by atoms with Crippen LogP contribution in [0.15, 0.2) is 42.5 Å². The number of phenols is 1. The third-order valence-electron chi connectivity index (χ3n) is 4.66. The topological polar surface area (TPSA) is 40.5 Å². The Bertz CT molecular complexity index is 649. The maximum Gasteiger partial charge on any atom is 0.130 e. The zero-order valence-electron chi connectivity index (χ0n) is 12.1. The maximum absolute atomic E-state index is 14.4. The summed E-state index contributed by atoms with van der Waals surface area (Å²) in [6.07, 6.45) is 1.71. The number of aliphatic hydroxyl groups is 1. The summed E-state index contributed by atoms with van der Waals surface area (Å²) in [6.45, 7) is 0. The van der Waals surface area contributed by atoms with Crippen molar-refractivity contribution >= 4 is 0 Å². The summed E-state index contributed by atoms with van der Waals surface area (Å²) in [5, 5.41) is 20.1. The van der Waals surface area contributed by atoms with E-state index in [1.54, 1.807) is 12.1 Å². The lowest BCUT2D eigenvalue weighted by Gasteiger charge is -2.42. The van der Waals surface area contributed by atoms with E-state index in [-0.39, 0.29) is 11.3 Å². The molecule has 2 N–H and O–H groups in total. The molecule has 0 bridgehead atoms. The maximum atomic E-state index is 14.4. The molecule has 0 amide bonds. The molecule has 1 saturated carbocycles. The van der Waals surface area contributed by atoms with Crippen LogP contribution in [0.25, 0.3) is 0 Å². The van der Waals surface area contributed by atoms with E-state index in [2.05, 4.69) is 0 Å². The van der Waals surface area contributed by atoms with Gasteiger partial charge in [0.25, 0.3) is 0 Å². The minimum atomic E-state index is -1.11. The van der Waals surface area contributed by atoms with Crippen LogP contribution in [0.5, 0.6) is 5.75 Å². The fourth-order valence-electron chi connectivity index (χ4n) is 3.61. The average molecular weight is 304 g/mol. The molecule has 2 aromatic carbocycles. The fraction of sp³-hybridized carbons (Fsp3) is 0.333. The van der Waals surface area contributed by atoms with Crippen LogP contribution in [-0.4, -0.2) is 16.3 Å². The van der Waals surface area contributed by atoms with Gasteiger partial charge in [-0.3, -0.25) is 0 Å². The lowest BCUT2D eigenvalue weighted by atomic mass is 9.63. The van der Waals surface area contributed by atoms with Crippen molar-refractivity contribution in [3.05, 3.63) is 65.2 Å². The average Bonchev–Trinajstić information content (AvgIpc) is 2.50. The van der Waals surface area contributed by atoms with Crippen molar-refractivity contribution in [1.29, 1.82) is 0 Å². The van der Waals surface area contributed by atoms with Crippen LogP contribution in [0, 0.1) is 11.6 Å². The van der Waals surface area contributed by atoms with E-state index in [0.717, 1.165) is 12.8 Å². The second kappa shape index (κ2) is 5.69. The largest absolute Gasteiger partial charge is 0.508 e. The zero-order valence-corrected chi connectivity index (χ0v) is 12.1. The van der Waals surface area contributed by atoms with E-state index in [1.165, 1.54) is 30.3 Å². The summed E-state index contributed by atoms with van der Waals surface area (Å²) in [4.78, 5) is 0. The first-order valence-corrected chi connectivity index (χ1v) is 7.48. The number of hydrogen-bond donors (Lipinski definition) is 2. The number of halogens is 2. The third kappa shape index (κ3) is 2.28. The molecule has 22 heavy (non-hydrogen) atoms. The highest BCUT2D eigenvalue weighted by Gasteiger charge is 2.46. The molecule has 0 aromatic heterocycles. The van der Waals surface area contributed by atoms with Gasteiger partial charge in [-0.25, -0.2) is 8.78 Å². The number of benzene rings is 2. The van der Waals surface area contributed by atoms with Gasteiger partial charge >= 0.3 is 0 Å². The van der Waals surface area contributed by atoms with Crippen molar-refractivity contribution in [2.45, 2.75) is 37.2 Å². The summed E-state index contributed by atoms with van der Waals surface area (Å²) in [5.41, 5.74) is -0.559. The predicted octanol–water partition coefficient (Wildman–Crippen LogP) is 3.89. The van der Waals surface area contributed by atoms with Gasteiger partial charge in [0.05, 0.1) is 11.5 Å². The van der Waals surface area contributed by atoms with E-state index in [9.17, 15) is 19.0 Å². The molecule has 0 saturated heterocycles. The number of aromatic hydroxyl groups is 1. The van der Waals surface area contributed by atoms with Gasteiger partial charge in [-0.1, -0.05) is 31.0 Å². The van der Waals surface area contributed by atoms with E-state index in [1.807, 2.05) is 0 Å². The molecule has 2 unspecified atom stereocenters. The molecule has 116 valence electrons. The smallest absolute Gasteiger partial charge is 0.130 e. The monoisotopic (exact) mass is 304 g/mol. The lowest BCUT2D eigenvalue weighted by molar-refractivity contribution is 0.0598. The SMILES string of the molecule is Oc1ccc(C2(c3c(F)cccc3F)CCCCC2O)cc1. The molecule has 3 rings (SSSR count). The first kappa shape index (κ1) is 15.0. The Labute approximate surface area is 128 Å². The van der Waals surface area contributed by atoms with Crippen LogP contribution in [0.2, 0.25) is 0 Å². The van der Waals surface area contributed by atoms with Crippen molar-refractivity contribution in [3.63, 3.8) is 0 Å². The first-order valence-electron chi connectivity index (χ1n) is 7.48. The molecule has 0 heterocycles. The highest BCUT2D eigenvalue weighted by atomic mass is 19.1. The molecule has 0 aliphatic heterocycles. The molecule has 1 fully saturated rings. The third-order valence-corrected chi connectivity index (χ3v) is 4.66. The Kier molecular flexibility index (Phi) is 3.87. The van der Waals surface area contributed by atoms with Crippen molar-refractivity contribution < 1.29 is 19.0 Å². The van der Waals surface area contributed by atoms with Crippen molar-refractivity contribution in [1.82, 2.24) is 0 Å². The number of phenolic OH excluding ortho intramolecular Hbond substituents is 1. The van der Waals surface area contributed by atoms with Gasteiger partial charge < -0.3 is 10.2 Å². The summed E-state index contributed by atoms with van der Waals surface area (Å²) >= 11 is 0. The minimum Gasteiger partial charge on any atom is -0.508 e. The van der Waals surface area contributed by atoms with Crippen LogP contribution in [0.1, 0.15) is 36.8 Å². The molecule has 2 aromatic rings. The highest BCUT2D eigenvalue weighted by molar-refractivity contribution is 5.44. The highest BCUT2D eigenvalue weighted by Crippen LogP contribution is 2.47. The molecule has 4 heteroatoms. The second-order valence-corrected chi connectivity index (χ2v) is 5.88. The summed E-state index contributed by atoms with van der Waals surface area (Å²) in [5.74, 6) is -1.21. The van der Waals surface area contributed by atoms with Gasteiger partial charge in [0.1, 0.15) is 17.4 Å². The van der Waals surface area contributed by atoms with Gasteiger partial charge in [0, 0.05) is 5.56 Å². The predicted molar refractivity (Wildman–Crippen MR) is 79.7 cm³/mol. The van der Waals surface area contributed by atoms with Gasteiger partial charge in [0.2, 0.25) is 0 Å². The summed E-state index contributed by atoms with van der Waals surface area (Å²) in [6, 6.07) is 10.0. The minimum absolute atomic E-state index is 0.0760. The van der Waals surface area contributed by atoms with E-state index in [0.29, 0.717) is 18.4 Å². The normalized spacial score (nSPS) is 25.1. The molecular weight excluding hydrogens is 286 g/mol. The van der Waals surface area contributed by atoms with Gasteiger partial charge in [-0.05, 0) is 42.7 Å². The quantitative estimate of drug-likeness (QED) is 0.883. The summed E-state index contributed by atoms with van der Waals surface area (Å²) in [7, 11) is 0. The number of hydrogen-bond acceptors (Lipinski definition) is 2. The van der Waals surface area contributed by atoms with E-state index in [4.69, 9.17) is 0 Å². The Morgan fingerprint density at radius 2 is 1.59 bits per heavy atom. The molecule has 2 nitrogen and oxygen atoms in total. The Morgan fingerprint density at radius 1 is 0.955 bits per heavy atom. The van der Waals surface area contributed by atoms with Gasteiger partial charge in [-0.2, -0.15) is 0 Å². The summed E-state index contributed by atoms with van der Waals surface area (Å²) < 4.78 is 28.8. The van der Waals surface area contributed by atoms with Crippen LogP contribution < -0.4 is 0 Å². The zero-order chi connectivity index (χ0) is 15.7. The molecule has 1 aliphatic rings. The second-order valence-electron chi connectivity index (χ2n) is 5.88. The fourth-order valence-corrected chi connectivity index (χ4v) is 3.61. The Morgan fingerprint density at radius 3 is 2.18 bits per heavy atom. The van der Waals surface area contributed by atoms with Crippen molar-refractivity contribution in [2.24, 2.45) is 0 Å². The standard InChI is InChI=1S/C18H18F2O2/c19-14-4-3-5-15(20)17(14)18(11-2-1-6-16(18)22)12-7-9-13(21)10-8-12/h3-5,7-10,16,21-22H,1-2,6,11H2. The van der Waals surface area contributed by atoms with E-state index >= 15 is 0 Å². The van der Waals surface area contributed by atoms with Crippen molar-refractivity contribution in [2.75, 3.05) is 0 Å². The first-order chi connectivity index (χ1) is 10.6. The van der Waals surface area contributed by atoms with Crippen molar-refractivity contribution in [3.8, 4) is 5.75 Å². The van der Waals surface area contributed by atoms with Gasteiger partial charge in [0.15, 0.2) is 0 Å². The number of aliphatic hydroxyl groups excluding tert-OH is 1. The molecule has 0 spiro atoms. The molecule has 2 atom stereocenters. The molecule has 1 aliphatic carbocycles. The van der Waals surface area contributed by atoms with E-state index < -0.39 is 23.2 Å². The van der Waals surface area contributed by atoms with Crippen LogP contribution in [0.4, 0.5) is 8.78 Å². The lowest BCUT2D eigenvalue weighted by Crippen LogP contribution is -2.44. The van der Waals surface area contributed by atoms with Crippen LogP contribution >= 0.6 is 0 Å². The molecular formula is C18H18F2O2. The Hall–Kier alpha value is -1.94.